The zero-order valence-corrected chi connectivity index (χ0v) is 9.69. The van der Waals surface area contributed by atoms with Crippen LogP contribution in [0.3, 0.4) is 0 Å². The third kappa shape index (κ3) is 3.90. The molecule has 4 heteroatoms. The molecule has 0 aromatic heterocycles. The van der Waals surface area contributed by atoms with Gasteiger partial charge in [0.2, 0.25) is 5.91 Å². The van der Waals surface area contributed by atoms with Crippen molar-refractivity contribution in [2.24, 2.45) is 0 Å². The number of carbonyl (C=O) groups is 1. The van der Waals surface area contributed by atoms with Crippen LogP contribution in [0.2, 0.25) is 5.02 Å². The van der Waals surface area contributed by atoms with Crippen LogP contribution < -0.4 is 10.6 Å². The number of amides is 1. The average molecular weight is 227 g/mol. The van der Waals surface area contributed by atoms with E-state index in [2.05, 4.69) is 10.6 Å². The molecule has 1 rings (SSSR count). The second kappa shape index (κ2) is 5.73. The third-order valence-corrected chi connectivity index (χ3v) is 2.25. The van der Waals surface area contributed by atoms with Gasteiger partial charge in [0.05, 0.1) is 17.3 Å². The first-order chi connectivity index (χ1) is 7.13. The van der Waals surface area contributed by atoms with Crippen molar-refractivity contribution in [1.29, 1.82) is 0 Å². The van der Waals surface area contributed by atoms with E-state index in [0.29, 0.717) is 17.3 Å². The number of likely N-dealkylation sites (N-methyl/N-ethyl adjacent to an activating group) is 1. The van der Waals surface area contributed by atoms with Gasteiger partial charge < -0.3 is 10.6 Å². The minimum atomic E-state index is -0.0809. The minimum absolute atomic E-state index is 0.0809. The van der Waals surface area contributed by atoms with Crippen molar-refractivity contribution < 1.29 is 4.79 Å². The Labute approximate surface area is 94.8 Å². The lowest BCUT2D eigenvalue weighted by Gasteiger charge is -2.07. The Balaban J connectivity index is 2.60. The first kappa shape index (κ1) is 12.0. The van der Waals surface area contributed by atoms with Crippen LogP contribution in [0.15, 0.2) is 18.2 Å². The molecule has 0 aliphatic rings. The number of nitrogens with one attached hydrogen (secondary N) is 2. The van der Waals surface area contributed by atoms with Gasteiger partial charge in [-0.1, -0.05) is 24.6 Å². The van der Waals surface area contributed by atoms with Crippen LogP contribution in [0.5, 0.6) is 0 Å². The Kier molecular flexibility index (Phi) is 4.59. The Morgan fingerprint density at radius 1 is 1.47 bits per heavy atom. The first-order valence-corrected chi connectivity index (χ1v) is 5.28. The predicted octanol–water partition coefficient (Wildman–Crippen LogP) is 2.20. The lowest BCUT2D eigenvalue weighted by Crippen LogP contribution is -2.27. The molecule has 0 heterocycles. The molecule has 0 saturated carbocycles. The van der Waals surface area contributed by atoms with Crippen LogP contribution in [-0.4, -0.2) is 19.0 Å². The summed E-state index contributed by atoms with van der Waals surface area (Å²) in [5.41, 5.74) is 1.73. The average Bonchev–Trinajstić information content (AvgIpc) is 2.19. The molecule has 0 aliphatic carbocycles. The summed E-state index contributed by atoms with van der Waals surface area (Å²) in [7, 11) is 0. The van der Waals surface area contributed by atoms with E-state index in [0.717, 1.165) is 12.1 Å². The highest BCUT2D eigenvalue weighted by Crippen LogP contribution is 2.22. The highest BCUT2D eigenvalue weighted by atomic mass is 35.5. The van der Waals surface area contributed by atoms with Gasteiger partial charge in [0, 0.05) is 0 Å². The normalized spacial score (nSPS) is 10.1. The van der Waals surface area contributed by atoms with Gasteiger partial charge in [-0.2, -0.15) is 0 Å². The van der Waals surface area contributed by atoms with Crippen LogP contribution in [0.25, 0.3) is 0 Å². The van der Waals surface area contributed by atoms with Crippen LogP contribution in [0, 0.1) is 6.92 Å². The zero-order chi connectivity index (χ0) is 11.3. The molecule has 1 aromatic rings. The molecule has 0 radical (unpaired) electrons. The smallest absolute Gasteiger partial charge is 0.238 e. The number of hydrogen-bond acceptors (Lipinski definition) is 2. The van der Waals surface area contributed by atoms with E-state index in [1.54, 1.807) is 0 Å². The van der Waals surface area contributed by atoms with Gasteiger partial charge in [0.1, 0.15) is 0 Å². The minimum Gasteiger partial charge on any atom is -0.324 e. The van der Waals surface area contributed by atoms with Gasteiger partial charge in [-0.3, -0.25) is 4.79 Å². The van der Waals surface area contributed by atoms with E-state index in [1.807, 2.05) is 32.0 Å². The van der Waals surface area contributed by atoms with Crippen molar-refractivity contribution >= 4 is 23.2 Å². The fraction of sp³-hybridized carbons (Fsp3) is 0.364. The van der Waals surface area contributed by atoms with E-state index in [1.165, 1.54) is 0 Å². The van der Waals surface area contributed by atoms with Crippen LogP contribution in [-0.2, 0) is 4.79 Å². The summed E-state index contributed by atoms with van der Waals surface area (Å²) in [6.07, 6.45) is 0. The van der Waals surface area contributed by atoms with E-state index < -0.39 is 0 Å². The Bertz CT molecular complexity index is 352. The van der Waals surface area contributed by atoms with Gasteiger partial charge in [-0.05, 0) is 31.2 Å². The van der Waals surface area contributed by atoms with Gasteiger partial charge >= 0.3 is 0 Å². The molecule has 0 aliphatic heterocycles. The second-order valence-electron chi connectivity index (χ2n) is 3.31. The van der Waals surface area contributed by atoms with Crippen molar-refractivity contribution in [2.75, 3.05) is 18.4 Å². The zero-order valence-electron chi connectivity index (χ0n) is 8.93. The molecule has 0 saturated heterocycles. The number of carbonyl (C=O) groups excluding carboxylic acids is 1. The van der Waals surface area contributed by atoms with Crippen LogP contribution in [0.4, 0.5) is 5.69 Å². The fourth-order valence-electron chi connectivity index (χ4n) is 1.15. The third-order valence-electron chi connectivity index (χ3n) is 1.93. The quantitative estimate of drug-likeness (QED) is 0.827. The van der Waals surface area contributed by atoms with Crippen molar-refractivity contribution in [1.82, 2.24) is 5.32 Å². The number of halogens is 1. The summed E-state index contributed by atoms with van der Waals surface area (Å²) in [6, 6.07) is 5.54. The number of hydrogen-bond donors (Lipinski definition) is 2. The standard InChI is InChI=1S/C11H15ClN2O/c1-3-13-7-11(15)14-10-5-4-8(2)6-9(10)12/h4-6,13H,3,7H2,1-2H3,(H,14,15). The first-order valence-electron chi connectivity index (χ1n) is 4.90. The predicted molar refractivity (Wildman–Crippen MR) is 63.4 cm³/mol. The van der Waals surface area contributed by atoms with Gasteiger partial charge in [0.15, 0.2) is 0 Å². The summed E-state index contributed by atoms with van der Waals surface area (Å²) in [4.78, 5) is 11.4. The van der Waals surface area contributed by atoms with Crippen LogP contribution >= 0.6 is 11.6 Å². The number of aryl methyl sites for hydroxylation is 1. The van der Waals surface area contributed by atoms with Crippen molar-refractivity contribution in [3.05, 3.63) is 28.8 Å². The SMILES string of the molecule is CCNCC(=O)Nc1ccc(C)cc1Cl. The Morgan fingerprint density at radius 3 is 2.80 bits per heavy atom. The lowest BCUT2D eigenvalue weighted by molar-refractivity contribution is -0.115. The summed E-state index contributed by atoms with van der Waals surface area (Å²) >= 11 is 5.97. The van der Waals surface area contributed by atoms with Crippen LogP contribution in [0.1, 0.15) is 12.5 Å². The molecule has 0 spiro atoms. The molecule has 1 amide bonds. The van der Waals surface area contributed by atoms with E-state index in [-0.39, 0.29) is 5.91 Å². The highest BCUT2D eigenvalue weighted by molar-refractivity contribution is 6.33. The number of benzene rings is 1. The largest absolute Gasteiger partial charge is 0.324 e. The number of rotatable bonds is 4. The molecule has 0 fully saturated rings. The molecular formula is C11H15ClN2O. The van der Waals surface area contributed by atoms with E-state index in [9.17, 15) is 4.79 Å². The molecular weight excluding hydrogens is 212 g/mol. The molecule has 0 bridgehead atoms. The molecule has 1 aromatic carbocycles. The Morgan fingerprint density at radius 2 is 2.20 bits per heavy atom. The van der Waals surface area contributed by atoms with E-state index in [4.69, 9.17) is 11.6 Å². The molecule has 0 unspecified atom stereocenters. The molecule has 3 nitrogen and oxygen atoms in total. The Hall–Kier alpha value is -1.06. The van der Waals surface area contributed by atoms with Gasteiger partial charge in [-0.25, -0.2) is 0 Å². The van der Waals surface area contributed by atoms with Gasteiger partial charge in [-0.15, -0.1) is 0 Å². The summed E-state index contributed by atoms with van der Waals surface area (Å²) in [6.45, 7) is 4.98. The molecule has 15 heavy (non-hydrogen) atoms. The maximum Gasteiger partial charge on any atom is 0.238 e. The van der Waals surface area contributed by atoms with Crippen molar-refractivity contribution in [3.8, 4) is 0 Å². The maximum atomic E-state index is 11.4. The van der Waals surface area contributed by atoms with Crippen molar-refractivity contribution in [3.63, 3.8) is 0 Å². The second-order valence-corrected chi connectivity index (χ2v) is 3.72. The van der Waals surface area contributed by atoms with E-state index >= 15 is 0 Å². The van der Waals surface area contributed by atoms with Gasteiger partial charge in [0.25, 0.3) is 0 Å². The molecule has 2 N–H and O–H groups in total. The lowest BCUT2D eigenvalue weighted by atomic mass is 10.2. The van der Waals surface area contributed by atoms with Crippen molar-refractivity contribution in [2.45, 2.75) is 13.8 Å². The maximum absolute atomic E-state index is 11.4. The molecule has 0 atom stereocenters. The fourth-order valence-corrected chi connectivity index (χ4v) is 1.44. The monoisotopic (exact) mass is 226 g/mol. The summed E-state index contributed by atoms with van der Waals surface area (Å²) in [5, 5.41) is 6.25. The number of anilines is 1. The highest BCUT2D eigenvalue weighted by Gasteiger charge is 2.04. The topological polar surface area (TPSA) is 41.1 Å². The molecule has 82 valence electrons. The summed E-state index contributed by atoms with van der Waals surface area (Å²) < 4.78 is 0. The summed E-state index contributed by atoms with van der Waals surface area (Å²) in [5.74, 6) is -0.0809.